The molecule has 1 aromatic rings. The van der Waals surface area contributed by atoms with Gasteiger partial charge in [-0.1, -0.05) is 12.1 Å². The fourth-order valence-corrected chi connectivity index (χ4v) is 2.16. The van der Waals surface area contributed by atoms with Crippen molar-refractivity contribution in [2.45, 2.75) is 19.4 Å². The highest BCUT2D eigenvalue weighted by Crippen LogP contribution is 2.15. The summed E-state index contributed by atoms with van der Waals surface area (Å²) in [7, 11) is -2.16. The van der Waals surface area contributed by atoms with Crippen molar-refractivity contribution in [1.82, 2.24) is 0 Å². The first kappa shape index (κ1) is 15.7. The minimum Gasteiger partial charge on any atom is -0.465 e. The molecule has 0 bridgehead atoms. The van der Waals surface area contributed by atoms with Gasteiger partial charge in [0.1, 0.15) is 6.04 Å². The van der Waals surface area contributed by atoms with Gasteiger partial charge in [-0.3, -0.25) is 4.79 Å². The minimum absolute atomic E-state index is 0.325. The van der Waals surface area contributed by atoms with Crippen molar-refractivity contribution < 1.29 is 13.7 Å². The topological polar surface area (TPSA) is 81.8 Å². The molecule has 0 saturated heterocycles. The molecule has 1 rings (SSSR count). The Hall–Kier alpha value is -1.40. The smallest absolute Gasteiger partial charge is 0.323 e. The largest absolute Gasteiger partial charge is 0.465 e. The van der Waals surface area contributed by atoms with Crippen LogP contribution >= 0.6 is 0 Å². The third-order valence-electron chi connectivity index (χ3n) is 2.31. The van der Waals surface area contributed by atoms with E-state index >= 15 is 0 Å². The zero-order chi connectivity index (χ0) is 14.5. The van der Waals surface area contributed by atoms with Crippen molar-refractivity contribution >= 4 is 21.4 Å². The number of ether oxygens (including phenoxy) is 1. The van der Waals surface area contributed by atoms with E-state index in [4.69, 9.17) is 10.5 Å². The van der Waals surface area contributed by atoms with E-state index in [1.54, 1.807) is 31.6 Å². The lowest BCUT2D eigenvalue weighted by molar-refractivity contribution is -0.144. The molecule has 0 aliphatic carbocycles. The Labute approximate surface area is 114 Å². The van der Waals surface area contributed by atoms with E-state index in [2.05, 4.69) is 4.36 Å². The number of hydrogen-bond donors (Lipinski definition) is 1. The molecule has 1 unspecified atom stereocenters. The highest BCUT2D eigenvalue weighted by Gasteiger charge is 2.14. The number of esters is 1. The second-order valence-corrected chi connectivity index (χ2v) is 7.05. The summed E-state index contributed by atoms with van der Waals surface area (Å²) in [5, 5.41) is 0. The SMILES string of the molecule is CCOC(=O)C(N)Cc1ccc(N=S(C)(C)=O)cc1. The number of carbonyl (C=O) groups excluding carboxylic acids is 1. The van der Waals surface area contributed by atoms with Crippen LogP contribution in [0.2, 0.25) is 0 Å². The summed E-state index contributed by atoms with van der Waals surface area (Å²) in [6.07, 6.45) is 3.57. The van der Waals surface area contributed by atoms with Crippen LogP contribution in [0.5, 0.6) is 0 Å². The summed E-state index contributed by atoms with van der Waals surface area (Å²) in [5.41, 5.74) is 7.30. The lowest BCUT2D eigenvalue weighted by atomic mass is 10.1. The Bertz CT molecular complexity index is 538. The van der Waals surface area contributed by atoms with E-state index < -0.39 is 21.7 Å². The van der Waals surface area contributed by atoms with Gasteiger partial charge < -0.3 is 10.5 Å². The first-order valence-corrected chi connectivity index (χ1v) is 8.33. The van der Waals surface area contributed by atoms with Crippen LogP contribution in [0.15, 0.2) is 28.6 Å². The number of rotatable bonds is 5. The predicted octanol–water partition coefficient (Wildman–Crippen LogP) is 1.48. The maximum absolute atomic E-state index is 11.5. The van der Waals surface area contributed by atoms with Gasteiger partial charge in [-0.15, -0.1) is 0 Å². The normalized spacial score (nSPS) is 12.8. The summed E-state index contributed by atoms with van der Waals surface area (Å²) >= 11 is 0. The van der Waals surface area contributed by atoms with Crippen molar-refractivity contribution in [3.63, 3.8) is 0 Å². The summed E-state index contributed by atoms with van der Waals surface area (Å²) in [4.78, 5) is 11.4. The van der Waals surface area contributed by atoms with E-state index in [0.717, 1.165) is 5.56 Å². The molecule has 2 N–H and O–H groups in total. The lowest BCUT2D eigenvalue weighted by Crippen LogP contribution is -2.34. The van der Waals surface area contributed by atoms with E-state index in [1.807, 2.05) is 12.1 Å². The van der Waals surface area contributed by atoms with Gasteiger partial charge in [-0.2, -0.15) is 4.36 Å². The average molecular weight is 284 g/mol. The molecule has 0 saturated carbocycles. The molecule has 0 fully saturated rings. The molecule has 0 aliphatic rings. The van der Waals surface area contributed by atoms with Gasteiger partial charge in [-0.25, -0.2) is 4.21 Å². The third kappa shape index (κ3) is 5.85. The van der Waals surface area contributed by atoms with Crippen LogP contribution in [0.3, 0.4) is 0 Å². The maximum Gasteiger partial charge on any atom is 0.323 e. The molecule has 6 heteroatoms. The number of carbonyl (C=O) groups is 1. The van der Waals surface area contributed by atoms with Crippen molar-refractivity contribution in [1.29, 1.82) is 0 Å². The van der Waals surface area contributed by atoms with Crippen LogP contribution in [-0.2, 0) is 25.7 Å². The van der Waals surface area contributed by atoms with Crippen LogP contribution in [0.25, 0.3) is 0 Å². The minimum atomic E-state index is -2.16. The van der Waals surface area contributed by atoms with Gasteiger partial charge in [0.25, 0.3) is 0 Å². The van der Waals surface area contributed by atoms with Gasteiger partial charge in [0, 0.05) is 22.2 Å². The Kier molecular flexibility index (Phi) is 5.50. The Morgan fingerprint density at radius 3 is 2.42 bits per heavy atom. The highest BCUT2D eigenvalue weighted by molar-refractivity contribution is 7.92. The van der Waals surface area contributed by atoms with E-state index in [1.165, 1.54) is 0 Å². The summed E-state index contributed by atoms with van der Waals surface area (Å²) in [6.45, 7) is 2.07. The molecule has 1 aromatic carbocycles. The van der Waals surface area contributed by atoms with Crippen LogP contribution in [-0.4, -0.2) is 35.3 Å². The zero-order valence-corrected chi connectivity index (χ0v) is 12.3. The van der Waals surface area contributed by atoms with E-state index in [-0.39, 0.29) is 0 Å². The molecular weight excluding hydrogens is 264 g/mol. The summed E-state index contributed by atoms with van der Waals surface area (Å²) in [5.74, 6) is -0.401. The molecule has 0 spiro atoms. The van der Waals surface area contributed by atoms with Gasteiger partial charge in [0.05, 0.1) is 12.3 Å². The maximum atomic E-state index is 11.5. The van der Waals surface area contributed by atoms with Crippen molar-refractivity contribution in [2.24, 2.45) is 10.1 Å². The lowest BCUT2D eigenvalue weighted by Gasteiger charge is -2.10. The standard InChI is InChI=1S/C13H20N2O3S/c1-4-18-13(16)12(14)9-10-5-7-11(8-6-10)15-19(2,3)17/h5-8,12H,4,9,14H2,1-3H3. The molecular formula is C13H20N2O3S. The molecule has 19 heavy (non-hydrogen) atoms. The van der Waals surface area contributed by atoms with Gasteiger partial charge in [0.15, 0.2) is 0 Å². The first-order valence-electron chi connectivity index (χ1n) is 6.00. The number of nitrogens with two attached hydrogens (primary N) is 1. The quantitative estimate of drug-likeness (QED) is 0.830. The molecule has 1 atom stereocenters. The number of hydrogen-bond acceptors (Lipinski definition) is 5. The molecule has 106 valence electrons. The van der Waals surface area contributed by atoms with Gasteiger partial charge in [-0.05, 0) is 31.0 Å². The van der Waals surface area contributed by atoms with Crippen LogP contribution in [0, 0.1) is 0 Å². The molecule has 0 radical (unpaired) electrons. The Balaban J connectivity index is 2.73. The predicted molar refractivity (Wildman–Crippen MR) is 76.8 cm³/mol. The summed E-state index contributed by atoms with van der Waals surface area (Å²) in [6, 6.07) is 6.51. The van der Waals surface area contributed by atoms with Crippen LogP contribution in [0.1, 0.15) is 12.5 Å². The van der Waals surface area contributed by atoms with Gasteiger partial charge >= 0.3 is 5.97 Å². The average Bonchev–Trinajstić information content (AvgIpc) is 2.30. The third-order valence-corrected chi connectivity index (χ3v) is 2.96. The Morgan fingerprint density at radius 2 is 1.95 bits per heavy atom. The molecule has 0 aliphatic heterocycles. The monoisotopic (exact) mass is 284 g/mol. The zero-order valence-electron chi connectivity index (χ0n) is 11.5. The van der Waals surface area contributed by atoms with Crippen molar-refractivity contribution in [2.75, 3.05) is 19.1 Å². The van der Waals surface area contributed by atoms with Crippen LogP contribution < -0.4 is 5.73 Å². The van der Waals surface area contributed by atoms with Crippen LogP contribution in [0.4, 0.5) is 5.69 Å². The molecule has 0 heterocycles. The van der Waals surface area contributed by atoms with Crippen molar-refractivity contribution in [3.05, 3.63) is 29.8 Å². The second-order valence-electron chi connectivity index (χ2n) is 4.50. The fraction of sp³-hybridized carbons (Fsp3) is 0.462. The molecule has 0 aromatic heterocycles. The highest BCUT2D eigenvalue weighted by atomic mass is 32.2. The summed E-state index contributed by atoms with van der Waals surface area (Å²) < 4.78 is 20.5. The second kappa shape index (κ2) is 6.68. The number of benzene rings is 1. The van der Waals surface area contributed by atoms with E-state index in [9.17, 15) is 9.00 Å². The fourth-order valence-electron chi connectivity index (χ4n) is 1.53. The van der Waals surface area contributed by atoms with Crippen molar-refractivity contribution in [3.8, 4) is 0 Å². The first-order chi connectivity index (χ1) is 8.81. The number of nitrogens with zero attached hydrogens (tertiary/aromatic N) is 1. The molecule has 5 nitrogen and oxygen atoms in total. The van der Waals surface area contributed by atoms with Gasteiger partial charge in [0.2, 0.25) is 0 Å². The van der Waals surface area contributed by atoms with E-state index in [0.29, 0.717) is 18.7 Å². The molecule has 0 amide bonds. The Morgan fingerprint density at radius 1 is 1.37 bits per heavy atom.